The molecule has 2 aliphatic rings. The Morgan fingerprint density at radius 3 is 2.31 bits per heavy atom. The number of benzene rings is 3. The molecular weight excluding hydrogens is 420 g/mol. The van der Waals surface area contributed by atoms with Crippen molar-refractivity contribution in [2.75, 3.05) is 0 Å². The maximum absolute atomic E-state index is 13.7. The molecule has 0 aromatic heterocycles. The van der Waals surface area contributed by atoms with Crippen molar-refractivity contribution in [2.24, 2.45) is 0 Å². The largest absolute Gasteiger partial charge is 0.508 e. The molecule has 32 heavy (non-hydrogen) atoms. The highest BCUT2D eigenvalue weighted by Crippen LogP contribution is 2.51. The van der Waals surface area contributed by atoms with Gasteiger partial charge in [0.25, 0.3) is 0 Å². The van der Waals surface area contributed by atoms with E-state index in [1.165, 1.54) is 5.56 Å². The SMILES string of the molecule is Cc1ccc([C@H]2C[C@@]3(C)O[C@@H]2C(=O)C(c2cc(-c4ccc(Cl)cc4)ccc2C)=C3O)cc1. The first kappa shape index (κ1) is 21.0. The molecule has 1 saturated heterocycles. The maximum Gasteiger partial charge on any atom is 0.196 e. The number of rotatable bonds is 3. The molecule has 0 saturated carbocycles. The summed E-state index contributed by atoms with van der Waals surface area (Å²) in [6.07, 6.45) is -0.0373. The average molecular weight is 445 g/mol. The summed E-state index contributed by atoms with van der Waals surface area (Å²) in [4.78, 5) is 13.7. The van der Waals surface area contributed by atoms with Crippen molar-refractivity contribution in [3.63, 3.8) is 0 Å². The van der Waals surface area contributed by atoms with E-state index in [-0.39, 0.29) is 17.5 Å². The summed E-state index contributed by atoms with van der Waals surface area (Å²) in [6.45, 7) is 5.89. The summed E-state index contributed by atoms with van der Waals surface area (Å²) < 4.78 is 6.15. The molecule has 2 aliphatic heterocycles. The number of aliphatic hydroxyl groups is 1. The van der Waals surface area contributed by atoms with E-state index in [9.17, 15) is 9.90 Å². The zero-order valence-electron chi connectivity index (χ0n) is 18.4. The van der Waals surface area contributed by atoms with Crippen molar-refractivity contribution in [1.82, 2.24) is 0 Å². The van der Waals surface area contributed by atoms with Crippen LogP contribution < -0.4 is 0 Å². The normalized spacial score (nSPS) is 24.8. The van der Waals surface area contributed by atoms with E-state index in [0.29, 0.717) is 17.0 Å². The molecular formula is C28H25ClO3. The lowest BCUT2D eigenvalue weighted by Gasteiger charge is -2.31. The fraction of sp³-hybridized carbons (Fsp3) is 0.250. The van der Waals surface area contributed by atoms with Crippen molar-refractivity contribution < 1.29 is 14.6 Å². The fourth-order valence-corrected chi connectivity index (χ4v) is 5.06. The van der Waals surface area contributed by atoms with Crippen molar-refractivity contribution in [1.29, 1.82) is 0 Å². The number of Topliss-reactive ketones (excluding diaryl/α,β-unsaturated/α-hetero) is 1. The van der Waals surface area contributed by atoms with Gasteiger partial charge in [-0.2, -0.15) is 0 Å². The standard InChI is InChI=1S/C28H25ClO3/c1-16-4-7-19(8-5-16)23-15-28(3)27(31)24(25(30)26(23)32-28)22-14-20(9-6-17(22)2)18-10-12-21(29)13-11-18/h4-14,23,26,31H,15H2,1-3H3/t23-,26+,28-/m1/s1. The van der Waals surface area contributed by atoms with E-state index in [2.05, 4.69) is 24.3 Å². The molecule has 162 valence electrons. The summed E-state index contributed by atoms with van der Waals surface area (Å²) in [6, 6.07) is 21.8. The van der Waals surface area contributed by atoms with Crippen LogP contribution in [0.4, 0.5) is 0 Å². The van der Waals surface area contributed by atoms with Gasteiger partial charge in [-0.25, -0.2) is 0 Å². The molecule has 0 spiro atoms. The van der Waals surface area contributed by atoms with E-state index in [1.807, 2.05) is 63.2 Å². The topological polar surface area (TPSA) is 46.5 Å². The van der Waals surface area contributed by atoms with Crippen molar-refractivity contribution in [3.8, 4) is 11.1 Å². The molecule has 3 aromatic carbocycles. The van der Waals surface area contributed by atoms with Crippen LogP contribution in [0.15, 0.2) is 72.5 Å². The molecule has 2 heterocycles. The predicted molar refractivity (Wildman–Crippen MR) is 128 cm³/mol. The van der Waals surface area contributed by atoms with Gasteiger partial charge in [0.05, 0.1) is 5.57 Å². The monoisotopic (exact) mass is 444 g/mol. The van der Waals surface area contributed by atoms with E-state index in [0.717, 1.165) is 27.8 Å². The molecule has 3 atom stereocenters. The number of halogens is 1. The Bertz CT molecular complexity index is 1240. The van der Waals surface area contributed by atoms with Gasteiger partial charge in [0.15, 0.2) is 5.78 Å². The van der Waals surface area contributed by atoms with Crippen molar-refractivity contribution in [2.45, 2.75) is 44.8 Å². The number of ketones is 1. The van der Waals surface area contributed by atoms with E-state index >= 15 is 0 Å². The molecule has 0 aliphatic carbocycles. The molecule has 4 heteroatoms. The average Bonchev–Trinajstić information content (AvgIpc) is 3.11. The smallest absolute Gasteiger partial charge is 0.196 e. The van der Waals surface area contributed by atoms with Crippen LogP contribution in [0.25, 0.3) is 16.7 Å². The minimum absolute atomic E-state index is 0.0321. The van der Waals surface area contributed by atoms with Crippen LogP contribution in [0.3, 0.4) is 0 Å². The van der Waals surface area contributed by atoms with Crippen LogP contribution in [0, 0.1) is 13.8 Å². The third kappa shape index (κ3) is 3.37. The Morgan fingerprint density at radius 2 is 1.62 bits per heavy atom. The Balaban J connectivity index is 1.59. The zero-order chi connectivity index (χ0) is 22.6. The van der Waals surface area contributed by atoms with Gasteiger partial charge in [0.2, 0.25) is 0 Å². The number of hydrogen-bond acceptors (Lipinski definition) is 3. The van der Waals surface area contributed by atoms with Crippen LogP contribution in [0.1, 0.15) is 41.5 Å². The van der Waals surface area contributed by atoms with Crippen LogP contribution in [-0.2, 0) is 9.53 Å². The Morgan fingerprint density at radius 1 is 0.969 bits per heavy atom. The Kier molecular flexibility index (Phi) is 4.99. The van der Waals surface area contributed by atoms with Crippen LogP contribution in [0.2, 0.25) is 5.02 Å². The molecule has 1 fully saturated rings. The molecule has 0 unspecified atom stereocenters. The molecule has 5 rings (SSSR count). The number of carbonyl (C=O) groups excluding carboxylic acids is 1. The second-order valence-electron chi connectivity index (χ2n) is 9.12. The molecule has 3 nitrogen and oxygen atoms in total. The number of aliphatic hydroxyl groups excluding tert-OH is 1. The van der Waals surface area contributed by atoms with Gasteiger partial charge >= 0.3 is 0 Å². The third-order valence-corrected chi connectivity index (χ3v) is 7.05. The minimum Gasteiger partial charge on any atom is -0.508 e. The van der Waals surface area contributed by atoms with Crippen LogP contribution in [-0.4, -0.2) is 22.6 Å². The molecule has 2 bridgehead atoms. The molecule has 1 N–H and O–H groups in total. The molecule has 0 radical (unpaired) electrons. The lowest BCUT2D eigenvalue weighted by molar-refractivity contribution is -0.131. The van der Waals surface area contributed by atoms with E-state index in [4.69, 9.17) is 16.3 Å². The summed E-state index contributed by atoms with van der Waals surface area (Å²) in [5.41, 5.74) is 5.40. The van der Waals surface area contributed by atoms with Gasteiger partial charge in [-0.3, -0.25) is 4.79 Å². The van der Waals surface area contributed by atoms with Crippen molar-refractivity contribution in [3.05, 3.63) is 99.8 Å². The second-order valence-corrected chi connectivity index (χ2v) is 9.55. The van der Waals surface area contributed by atoms with Gasteiger partial charge in [0.1, 0.15) is 17.5 Å². The predicted octanol–water partition coefficient (Wildman–Crippen LogP) is 6.81. The van der Waals surface area contributed by atoms with Gasteiger partial charge in [-0.05, 0) is 73.2 Å². The second kappa shape index (κ2) is 7.61. The van der Waals surface area contributed by atoms with Crippen molar-refractivity contribution >= 4 is 23.0 Å². The highest BCUT2D eigenvalue weighted by molar-refractivity contribution is 6.30. The summed E-state index contributed by atoms with van der Waals surface area (Å²) >= 11 is 6.04. The first-order valence-electron chi connectivity index (χ1n) is 10.9. The fourth-order valence-electron chi connectivity index (χ4n) is 4.93. The number of hydrogen-bond donors (Lipinski definition) is 1. The van der Waals surface area contributed by atoms with Gasteiger partial charge in [-0.1, -0.05) is 65.7 Å². The van der Waals surface area contributed by atoms with E-state index < -0.39 is 11.7 Å². The molecule has 0 amide bonds. The minimum atomic E-state index is -0.883. The maximum atomic E-state index is 13.7. The zero-order valence-corrected chi connectivity index (χ0v) is 19.1. The summed E-state index contributed by atoms with van der Waals surface area (Å²) in [5.74, 6) is -0.211. The summed E-state index contributed by atoms with van der Waals surface area (Å²) in [7, 11) is 0. The number of carbonyl (C=O) groups is 1. The van der Waals surface area contributed by atoms with Crippen LogP contribution in [0.5, 0.6) is 0 Å². The number of fused-ring (bicyclic) bond motifs is 2. The number of ether oxygens (including phenoxy) is 1. The highest BCUT2D eigenvalue weighted by atomic mass is 35.5. The Labute approximate surface area is 193 Å². The highest BCUT2D eigenvalue weighted by Gasteiger charge is 2.55. The first-order valence-corrected chi connectivity index (χ1v) is 11.2. The summed E-state index contributed by atoms with van der Waals surface area (Å²) in [5, 5.41) is 12.0. The van der Waals surface area contributed by atoms with Gasteiger partial charge in [0, 0.05) is 10.9 Å². The van der Waals surface area contributed by atoms with E-state index in [1.54, 1.807) is 0 Å². The Hall–Kier alpha value is -2.88. The van der Waals surface area contributed by atoms with Crippen LogP contribution >= 0.6 is 11.6 Å². The lowest BCUT2D eigenvalue weighted by atomic mass is 9.86. The first-order chi connectivity index (χ1) is 15.3. The third-order valence-electron chi connectivity index (χ3n) is 6.79. The van der Waals surface area contributed by atoms with Gasteiger partial charge in [-0.15, -0.1) is 0 Å². The van der Waals surface area contributed by atoms with Gasteiger partial charge < -0.3 is 9.84 Å². The molecule has 3 aromatic rings. The number of aryl methyl sites for hydroxylation is 2. The quantitative estimate of drug-likeness (QED) is 0.482. The lowest BCUT2D eigenvalue weighted by Crippen LogP contribution is -2.38.